The monoisotopic (exact) mass is 310 g/mol. The summed E-state index contributed by atoms with van der Waals surface area (Å²) >= 11 is 1.71. The molecule has 112 valence electrons. The molecular weight excluding hydrogens is 292 g/mol. The first-order valence-electron chi connectivity index (χ1n) is 7.70. The molecule has 1 unspecified atom stereocenters. The number of fused-ring (bicyclic) bond motifs is 4. The lowest BCUT2D eigenvalue weighted by molar-refractivity contribution is 0.100. The third-order valence-corrected chi connectivity index (χ3v) is 5.79. The van der Waals surface area contributed by atoms with Gasteiger partial charge >= 0.3 is 0 Å². The van der Waals surface area contributed by atoms with Gasteiger partial charge in [-0.05, 0) is 30.4 Å². The molecule has 1 heterocycles. The number of anilines is 1. The predicted molar refractivity (Wildman–Crippen MR) is 91.4 cm³/mol. The minimum absolute atomic E-state index is 0.314. The van der Waals surface area contributed by atoms with E-state index in [4.69, 9.17) is 5.73 Å². The van der Waals surface area contributed by atoms with Crippen molar-refractivity contribution < 1.29 is 4.79 Å². The lowest BCUT2D eigenvalue weighted by atomic mass is 9.79. The molecule has 0 saturated carbocycles. The highest BCUT2D eigenvalue weighted by atomic mass is 32.1. The second-order valence-electron chi connectivity index (χ2n) is 5.86. The molecule has 0 fully saturated rings. The molecular formula is C18H18N2OS. The number of nitrogens with one attached hydrogen (secondary N) is 1. The molecule has 1 atom stereocenters. The van der Waals surface area contributed by atoms with E-state index in [1.165, 1.54) is 22.4 Å². The van der Waals surface area contributed by atoms with E-state index in [1.54, 1.807) is 11.3 Å². The summed E-state index contributed by atoms with van der Waals surface area (Å²) in [5.74, 6) is 0.244. The number of primary amides is 1. The van der Waals surface area contributed by atoms with Crippen molar-refractivity contribution in [3.63, 3.8) is 0 Å². The van der Waals surface area contributed by atoms with E-state index < -0.39 is 0 Å². The minimum Gasteiger partial charge on any atom is -0.376 e. The summed E-state index contributed by atoms with van der Waals surface area (Å²) in [4.78, 5) is 13.2. The van der Waals surface area contributed by atoms with Crippen LogP contribution in [0.25, 0.3) is 5.57 Å². The zero-order chi connectivity index (χ0) is 15.1. The molecule has 3 N–H and O–H groups in total. The largest absolute Gasteiger partial charge is 0.376 e. The summed E-state index contributed by atoms with van der Waals surface area (Å²) in [6, 6.07) is 10.4. The van der Waals surface area contributed by atoms with E-state index in [-0.39, 0.29) is 5.91 Å². The minimum atomic E-state index is -0.314. The Morgan fingerprint density at radius 1 is 1.32 bits per heavy atom. The smallest absolute Gasteiger partial charge is 0.252 e. The topological polar surface area (TPSA) is 55.1 Å². The quantitative estimate of drug-likeness (QED) is 0.883. The Bertz CT molecular complexity index is 761. The number of benzene rings is 1. The molecule has 22 heavy (non-hydrogen) atoms. The number of hydrogen-bond acceptors (Lipinski definition) is 3. The maximum atomic E-state index is 11.9. The second-order valence-corrected chi connectivity index (χ2v) is 6.91. The fourth-order valence-electron chi connectivity index (χ4n) is 3.48. The lowest BCUT2D eigenvalue weighted by Gasteiger charge is -2.26. The SMILES string of the molecule is NC(=O)c1c(NCCc2ccccc2)sc2c1C1=CCCC12. The van der Waals surface area contributed by atoms with Crippen LogP contribution in [0.2, 0.25) is 0 Å². The van der Waals surface area contributed by atoms with Crippen LogP contribution in [-0.2, 0) is 6.42 Å². The van der Waals surface area contributed by atoms with E-state index >= 15 is 0 Å². The summed E-state index contributed by atoms with van der Waals surface area (Å²) < 4.78 is 0. The van der Waals surface area contributed by atoms with Gasteiger partial charge in [0.15, 0.2) is 0 Å². The highest BCUT2D eigenvalue weighted by Crippen LogP contribution is 2.59. The molecule has 2 aliphatic rings. The lowest BCUT2D eigenvalue weighted by Crippen LogP contribution is -2.19. The van der Waals surface area contributed by atoms with Crippen LogP contribution in [0.4, 0.5) is 5.00 Å². The van der Waals surface area contributed by atoms with Crippen molar-refractivity contribution in [3.05, 3.63) is 58.0 Å². The number of allylic oxidation sites excluding steroid dienone is 2. The molecule has 0 spiro atoms. The van der Waals surface area contributed by atoms with Crippen LogP contribution in [0.5, 0.6) is 0 Å². The molecule has 0 bridgehead atoms. The van der Waals surface area contributed by atoms with Crippen LogP contribution in [0.15, 0.2) is 36.4 Å². The van der Waals surface area contributed by atoms with Gasteiger partial charge in [-0.15, -0.1) is 11.3 Å². The number of thiophene rings is 1. The maximum absolute atomic E-state index is 11.9. The van der Waals surface area contributed by atoms with Gasteiger partial charge in [0.25, 0.3) is 5.91 Å². The number of nitrogens with two attached hydrogens (primary N) is 1. The Morgan fingerprint density at radius 2 is 2.14 bits per heavy atom. The van der Waals surface area contributed by atoms with Crippen LogP contribution >= 0.6 is 11.3 Å². The maximum Gasteiger partial charge on any atom is 0.252 e. The van der Waals surface area contributed by atoms with Crippen molar-refractivity contribution in [1.29, 1.82) is 0 Å². The van der Waals surface area contributed by atoms with Crippen LogP contribution in [0.3, 0.4) is 0 Å². The number of carbonyl (C=O) groups excluding carboxylic acids is 1. The molecule has 1 aromatic heterocycles. The summed E-state index contributed by atoms with van der Waals surface area (Å²) in [5.41, 5.74) is 10.1. The van der Waals surface area contributed by atoms with Gasteiger partial charge in [0.2, 0.25) is 0 Å². The Kier molecular flexibility index (Phi) is 3.26. The van der Waals surface area contributed by atoms with Crippen molar-refractivity contribution >= 4 is 27.8 Å². The Balaban J connectivity index is 1.54. The number of amides is 1. The van der Waals surface area contributed by atoms with Gasteiger partial charge in [0, 0.05) is 22.9 Å². The third kappa shape index (κ3) is 2.06. The van der Waals surface area contributed by atoms with Crippen molar-refractivity contribution in [2.45, 2.75) is 25.2 Å². The van der Waals surface area contributed by atoms with Crippen LogP contribution in [0.1, 0.15) is 45.1 Å². The van der Waals surface area contributed by atoms with E-state index in [2.05, 4.69) is 23.5 Å². The van der Waals surface area contributed by atoms with E-state index in [0.29, 0.717) is 11.5 Å². The van der Waals surface area contributed by atoms with Gasteiger partial charge < -0.3 is 11.1 Å². The molecule has 2 aromatic rings. The van der Waals surface area contributed by atoms with Crippen molar-refractivity contribution in [1.82, 2.24) is 0 Å². The predicted octanol–water partition coefficient (Wildman–Crippen LogP) is 3.78. The molecule has 1 amide bonds. The summed E-state index contributed by atoms with van der Waals surface area (Å²) in [5, 5.41) is 4.37. The number of hydrogen-bond donors (Lipinski definition) is 2. The molecule has 0 radical (unpaired) electrons. The summed E-state index contributed by atoms with van der Waals surface area (Å²) in [7, 11) is 0. The van der Waals surface area contributed by atoms with Gasteiger partial charge in [0.1, 0.15) is 5.00 Å². The first-order chi connectivity index (χ1) is 10.8. The van der Waals surface area contributed by atoms with Gasteiger partial charge in [-0.25, -0.2) is 0 Å². The molecule has 3 nitrogen and oxygen atoms in total. The fourth-order valence-corrected chi connectivity index (χ4v) is 4.89. The van der Waals surface area contributed by atoms with Gasteiger partial charge in [-0.3, -0.25) is 4.79 Å². The van der Waals surface area contributed by atoms with Crippen molar-refractivity contribution in [2.75, 3.05) is 11.9 Å². The van der Waals surface area contributed by atoms with Gasteiger partial charge in [-0.2, -0.15) is 0 Å². The Labute approximate surface area is 133 Å². The zero-order valence-electron chi connectivity index (χ0n) is 12.3. The molecule has 0 aliphatic heterocycles. The average Bonchev–Trinajstić information content (AvgIpc) is 3.06. The van der Waals surface area contributed by atoms with E-state index in [0.717, 1.165) is 30.0 Å². The van der Waals surface area contributed by atoms with E-state index in [1.807, 2.05) is 18.2 Å². The first kappa shape index (κ1) is 13.6. The Morgan fingerprint density at radius 3 is 2.91 bits per heavy atom. The Hall–Kier alpha value is -2.07. The van der Waals surface area contributed by atoms with Crippen molar-refractivity contribution in [3.8, 4) is 0 Å². The highest BCUT2D eigenvalue weighted by Gasteiger charge is 2.41. The molecule has 1 aromatic carbocycles. The van der Waals surface area contributed by atoms with Crippen LogP contribution in [-0.4, -0.2) is 12.5 Å². The van der Waals surface area contributed by atoms with E-state index in [9.17, 15) is 4.79 Å². The number of carbonyl (C=O) groups is 1. The van der Waals surface area contributed by atoms with Gasteiger partial charge in [0.05, 0.1) is 5.56 Å². The fraction of sp³-hybridized carbons (Fsp3) is 0.278. The highest BCUT2D eigenvalue weighted by molar-refractivity contribution is 7.17. The normalized spacial score (nSPS) is 18.2. The molecule has 4 heteroatoms. The third-order valence-electron chi connectivity index (χ3n) is 4.52. The van der Waals surface area contributed by atoms with Crippen LogP contribution < -0.4 is 11.1 Å². The molecule has 2 aliphatic carbocycles. The standard InChI is InChI=1S/C18H18N2OS/c19-17(21)15-14-12-7-4-8-13(12)16(14)22-18(15)20-10-9-11-5-2-1-3-6-11/h1-3,5-7,13,20H,4,8-10H2,(H2,19,21). The molecule has 0 saturated heterocycles. The molecule has 4 rings (SSSR count). The van der Waals surface area contributed by atoms with Crippen LogP contribution in [0, 0.1) is 0 Å². The first-order valence-corrected chi connectivity index (χ1v) is 8.52. The summed E-state index contributed by atoms with van der Waals surface area (Å²) in [6.45, 7) is 0.813. The average molecular weight is 310 g/mol. The van der Waals surface area contributed by atoms with Gasteiger partial charge in [-0.1, -0.05) is 36.4 Å². The number of rotatable bonds is 5. The second kappa shape index (κ2) is 5.29. The zero-order valence-corrected chi connectivity index (χ0v) is 13.1. The summed E-state index contributed by atoms with van der Waals surface area (Å²) in [6.07, 6.45) is 5.51. The van der Waals surface area contributed by atoms with Crippen molar-refractivity contribution in [2.24, 2.45) is 5.73 Å².